The molecule has 6 heteroatoms. The fraction of sp³-hybridized carbons (Fsp3) is 0.857. The summed E-state index contributed by atoms with van der Waals surface area (Å²) < 4.78 is 5.43. The smallest absolute Gasteiger partial charge is 0.317 e. The van der Waals surface area contributed by atoms with Gasteiger partial charge < -0.3 is 20.1 Å². The largest absolute Gasteiger partial charge is 0.481 e. The second kappa shape index (κ2) is 6.43. The summed E-state index contributed by atoms with van der Waals surface area (Å²) in [7, 11) is 0. The minimum atomic E-state index is -0.824. The van der Waals surface area contributed by atoms with Gasteiger partial charge in [0, 0.05) is 38.8 Å². The SMILES string of the molecule is CC1N(C(=O)NCCCC(=O)O)CCC12CCOCC2. The summed E-state index contributed by atoms with van der Waals surface area (Å²) in [5, 5.41) is 11.4. The average Bonchev–Trinajstić information content (AvgIpc) is 2.73. The number of carboxylic acids is 1. The van der Waals surface area contributed by atoms with E-state index >= 15 is 0 Å². The predicted octanol–water partition coefficient (Wildman–Crippen LogP) is 1.45. The van der Waals surface area contributed by atoms with Gasteiger partial charge in [0.15, 0.2) is 0 Å². The number of nitrogens with one attached hydrogen (secondary N) is 1. The highest BCUT2D eigenvalue weighted by molar-refractivity contribution is 5.75. The van der Waals surface area contributed by atoms with Crippen molar-refractivity contribution in [3.8, 4) is 0 Å². The third kappa shape index (κ3) is 3.23. The lowest BCUT2D eigenvalue weighted by Gasteiger charge is -2.38. The first kappa shape index (κ1) is 15.1. The second-order valence-corrected chi connectivity index (χ2v) is 5.82. The average molecular weight is 284 g/mol. The van der Waals surface area contributed by atoms with Crippen molar-refractivity contribution >= 4 is 12.0 Å². The van der Waals surface area contributed by atoms with E-state index in [1.165, 1.54) is 0 Å². The number of amides is 2. The lowest BCUT2D eigenvalue weighted by Crippen LogP contribution is -2.47. The zero-order valence-corrected chi connectivity index (χ0v) is 12.1. The number of carbonyl (C=O) groups excluding carboxylic acids is 1. The number of urea groups is 1. The lowest BCUT2D eigenvalue weighted by molar-refractivity contribution is -0.137. The first-order valence-electron chi connectivity index (χ1n) is 7.39. The molecule has 2 N–H and O–H groups in total. The first-order valence-corrected chi connectivity index (χ1v) is 7.39. The van der Waals surface area contributed by atoms with E-state index in [0.29, 0.717) is 13.0 Å². The molecule has 0 bridgehead atoms. The fourth-order valence-electron chi connectivity index (χ4n) is 3.34. The molecule has 1 spiro atoms. The van der Waals surface area contributed by atoms with Gasteiger partial charge in [0.05, 0.1) is 0 Å². The third-order valence-corrected chi connectivity index (χ3v) is 4.80. The van der Waals surface area contributed by atoms with Crippen LogP contribution in [0, 0.1) is 5.41 Å². The minimum absolute atomic E-state index is 0.0637. The van der Waals surface area contributed by atoms with Gasteiger partial charge in [-0.2, -0.15) is 0 Å². The van der Waals surface area contributed by atoms with E-state index in [-0.39, 0.29) is 23.9 Å². The molecule has 0 aromatic carbocycles. The minimum Gasteiger partial charge on any atom is -0.481 e. The van der Waals surface area contributed by atoms with E-state index in [2.05, 4.69) is 12.2 Å². The van der Waals surface area contributed by atoms with Crippen molar-refractivity contribution in [2.45, 2.75) is 45.1 Å². The Bertz CT molecular complexity index is 366. The van der Waals surface area contributed by atoms with Gasteiger partial charge in [-0.1, -0.05) is 0 Å². The van der Waals surface area contributed by atoms with Crippen molar-refractivity contribution in [1.29, 1.82) is 0 Å². The van der Waals surface area contributed by atoms with Crippen molar-refractivity contribution in [2.24, 2.45) is 5.41 Å². The standard InChI is InChI=1S/C14H24N2O4/c1-11-14(5-9-20-10-6-14)4-8-16(11)13(19)15-7-2-3-12(17)18/h11H,2-10H2,1H3,(H,15,19)(H,17,18). The molecule has 2 rings (SSSR count). The van der Waals surface area contributed by atoms with Crippen LogP contribution < -0.4 is 5.32 Å². The van der Waals surface area contributed by atoms with Gasteiger partial charge >= 0.3 is 12.0 Å². The quantitative estimate of drug-likeness (QED) is 0.766. The van der Waals surface area contributed by atoms with E-state index in [1.54, 1.807) is 0 Å². The van der Waals surface area contributed by atoms with Crippen LogP contribution >= 0.6 is 0 Å². The number of aliphatic carboxylic acids is 1. The van der Waals surface area contributed by atoms with Gasteiger partial charge in [-0.3, -0.25) is 4.79 Å². The molecule has 114 valence electrons. The van der Waals surface area contributed by atoms with E-state index < -0.39 is 5.97 Å². The number of nitrogens with zero attached hydrogens (tertiary/aromatic N) is 1. The molecule has 2 saturated heterocycles. The predicted molar refractivity (Wildman–Crippen MR) is 73.5 cm³/mol. The summed E-state index contributed by atoms with van der Waals surface area (Å²) in [4.78, 5) is 24.5. The van der Waals surface area contributed by atoms with E-state index in [4.69, 9.17) is 9.84 Å². The van der Waals surface area contributed by atoms with Crippen LogP contribution in [-0.4, -0.2) is 54.4 Å². The summed E-state index contributed by atoms with van der Waals surface area (Å²) in [5.41, 5.74) is 0.219. The molecule has 1 unspecified atom stereocenters. The van der Waals surface area contributed by atoms with E-state index in [1.807, 2.05) is 4.90 Å². The van der Waals surface area contributed by atoms with Crippen molar-refractivity contribution in [3.63, 3.8) is 0 Å². The molecule has 2 aliphatic rings. The van der Waals surface area contributed by atoms with Gasteiger partial charge in [0.2, 0.25) is 0 Å². The highest BCUT2D eigenvalue weighted by Crippen LogP contribution is 2.44. The van der Waals surface area contributed by atoms with Crippen molar-refractivity contribution < 1.29 is 19.4 Å². The Morgan fingerprint density at radius 1 is 1.35 bits per heavy atom. The number of hydrogen-bond donors (Lipinski definition) is 2. The van der Waals surface area contributed by atoms with Crippen LogP contribution in [0.25, 0.3) is 0 Å². The molecule has 0 saturated carbocycles. The van der Waals surface area contributed by atoms with Crippen LogP contribution in [0.4, 0.5) is 4.79 Å². The first-order chi connectivity index (χ1) is 9.55. The molecule has 2 heterocycles. The highest BCUT2D eigenvalue weighted by atomic mass is 16.5. The van der Waals surface area contributed by atoms with Gasteiger partial charge in [-0.05, 0) is 38.0 Å². The Balaban J connectivity index is 1.81. The van der Waals surface area contributed by atoms with E-state index in [9.17, 15) is 9.59 Å². The van der Waals surface area contributed by atoms with Crippen LogP contribution in [0.15, 0.2) is 0 Å². The molecular weight excluding hydrogens is 260 g/mol. The summed E-state index contributed by atoms with van der Waals surface area (Å²) in [6.45, 7) is 4.91. The Morgan fingerprint density at radius 3 is 2.70 bits per heavy atom. The Hall–Kier alpha value is -1.30. The van der Waals surface area contributed by atoms with Gasteiger partial charge in [-0.15, -0.1) is 0 Å². The summed E-state index contributed by atoms with van der Waals surface area (Å²) >= 11 is 0. The summed E-state index contributed by atoms with van der Waals surface area (Å²) in [6.07, 6.45) is 3.66. The monoisotopic (exact) mass is 284 g/mol. The fourth-order valence-corrected chi connectivity index (χ4v) is 3.34. The molecule has 0 aliphatic carbocycles. The molecular formula is C14H24N2O4. The lowest BCUT2D eigenvalue weighted by atomic mass is 9.74. The van der Waals surface area contributed by atoms with Gasteiger partial charge in [0.1, 0.15) is 0 Å². The number of carbonyl (C=O) groups is 2. The van der Waals surface area contributed by atoms with Crippen molar-refractivity contribution in [1.82, 2.24) is 10.2 Å². The Labute approximate surface area is 119 Å². The van der Waals surface area contributed by atoms with Gasteiger partial charge in [0.25, 0.3) is 0 Å². The number of carboxylic acid groups (broad SMARTS) is 1. The Kier molecular flexibility index (Phi) is 4.86. The Morgan fingerprint density at radius 2 is 2.05 bits per heavy atom. The molecule has 0 aromatic rings. The normalized spacial score (nSPS) is 24.9. The number of likely N-dealkylation sites (tertiary alicyclic amines) is 1. The molecule has 6 nitrogen and oxygen atoms in total. The number of rotatable bonds is 4. The zero-order chi connectivity index (χ0) is 14.6. The van der Waals surface area contributed by atoms with E-state index in [0.717, 1.165) is 39.0 Å². The van der Waals surface area contributed by atoms with Crippen molar-refractivity contribution in [3.05, 3.63) is 0 Å². The van der Waals surface area contributed by atoms with Crippen LogP contribution in [0.2, 0.25) is 0 Å². The maximum Gasteiger partial charge on any atom is 0.317 e. The van der Waals surface area contributed by atoms with Crippen LogP contribution in [0.1, 0.15) is 39.0 Å². The van der Waals surface area contributed by atoms with Crippen LogP contribution in [0.5, 0.6) is 0 Å². The summed E-state index contributed by atoms with van der Waals surface area (Å²) in [5.74, 6) is -0.824. The zero-order valence-electron chi connectivity index (χ0n) is 12.1. The molecule has 2 fully saturated rings. The molecule has 1 atom stereocenters. The van der Waals surface area contributed by atoms with Gasteiger partial charge in [-0.25, -0.2) is 4.79 Å². The molecule has 0 aromatic heterocycles. The van der Waals surface area contributed by atoms with Crippen LogP contribution in [-0.2, 0) is 9.53 Å². The maximum absolute atomic E-state index is 12.2. The highest BCUT2D eigenvalue weighted by Gasteiger charge is 2.46. The third-order valence-electron chi connectivity index (χ3n) is 4.80. The van der Waals surface area contributed by atoms with Crippen LogP contribution in [0.3, 0.4) is 0 Å². The molecule has 20 heavy (non-hydrogen) atoms. The second-order valence-electron chi connectivity index (χ2n) is 5.82. The van der Waals surface area contributed by atoms with Crippen molar-refractivity contribution in [2.75, 3.05) is 26.3 Å². The maximum atomic E-state index is 12.2. The summed E-state index contributed by atoms with van der Waals surface area (Å²) in [6, 6.07) is 0.164. The number of hydrogen-bond acceptors (Lipinski definition) is 3. The molecule has 0 radical (unpaired) electrons. The topological polar surface area (TPSA) is 78.9 Å². The molecule has 2 amide bonds. The number of ether oxygens (including phenoxy) is 1. The molecule has 2 aliphatic heterocycles.